The van der Waals surface area contributed by atoms with Gasteiger partial charge in [-0.3, -0.25) is 9.59 Å². The molecule has 3 aromatic carbocycles. The quantitative estimate of drug-likeness (QED) is 0.457. The molecule has 0 bridgehead atoms. The van der Waals surface area contributed by atoms with Crippen LogP contribution in [0.5, 0.6) is 0 Å². The van der Waals surface area contributed by atoms with Crippen LogP contribution in [0.15, 0.2) is 78.9 Å². The first-order valence-electron chi connectivity index (χ1n) is 10.9. The van der Waals surface area contributed by atoms with E-state index in [0.717, 1.165) is 16.7 Å². The van der Waals surface area contributed by atoms with Gasteiger partial charge in [0.2, 0.25) is 11.8 Å². The van der Waals surface area contributed by atoms with Crippen LogP contribution < -0.4 is 10.6 Å². The largest absolute Gasteiger partial charge is 0.325 e. The molecule has 160 valence electrons. The molecule has 4 heteroatoms. The highest BCUT2D eigenvalue weighted by Crippen LogP contribution is 2.27. The van der Waals surface area contributed by atoms with Gasteiger partial charge in [-0.25, -0.2) is 0 Å². The summed E-state index contributed by atoms with van der Waals surface area (Å²) >= 11 is 0. The lowest BCUT2D eigenvalue weighted by Gasteiger charge is -2.18. The number of anilines is 2. The molecule has 0 fully saturated rings. The van der Waals surface area contributed by atoms with Gasteiger partial charge in [-0.15, -0.1) is 0 Å². The Hall–Kier alpha value is -3.40. The predicted octanol–water partition coefficient (Wildman–Crippen LogP) is 6.26. The van der Waals surface area contributed by atoms with Crippen LogP contribution in [0.25, 0.3) is 0 Å². The van der Waals surface area contributed by atoms with Crippen LogP contribution in [-0.2, 0) is 9.59 Å². The highest BCUT2D eigenvalue weighted by Gasteiger charge is 2.21. The van der Waals surface area contributed by atoms with Crippen molar-refractivity contribution in [3.8, 4) is 0 Å². The van der Waals surface area contributed by atoms with Crippen molar-refractivity contribution in [2.75, 3.05) is 10.6 Å². The van der Waals surface area contributed by atoms with E-state index in [2.05, 4.69) is 10.6 Å². The average molecular weight is 415 g/mol. The van der Waals surface area contributed by atoms with Crippen molar-refractivity contribution in [3.63, 3.8) is 0 Å². The number of nitrogens with one attached hydrogen (secondary N) is 2. The van der Waals surface area contributed by atoms with E-state index in [1.165, 1.54) is 0 Å². The van der Waals surface area contributed by atoms with Crippen LogP contribution in [0, 0.1) is 6.92 Å². The van der Waals surface area contributed by atoms with Crippen molar-refractivity contribution in [1.82, 2.24) is 0 Å². The first-order valence-corrected chi connectivity index (χ1v) is 10.9. The van der Waals surface area contributed by atoms with E-state index in [9.17, 15) is 9.59 Å². The van der Waals surface area contributed by atoms with Gasteiger partial charge in [-0.05, 0) is 48.6 Å². The summed E-state index contributed by atoms with van der Waals surface area (Å²) in [4.78, 5) is 25.9. The van der Waals surface area contributed by atoms with Gasteiger partial charge in [0.1, 0.15) is 0 Å². The van der Waals surface area contributed by atoms with Crippen molar-refractivity contribution in [2.24, 2.45) is 0 Å². The molecular formula is C27H30N2O2. The maximum absolute atomic E-state index is 13.0. The lowest BCUT2D eigenvalue weighted by Crippen LogP contribution is -2.22. The van der Waals surface area contributed by atoms with E-state index in [1.54, 1.807) is 0 Å². The summed E-state index contributed by atoms with van der Waals surface area (Å²) < 4.78 is 0. The second-order valence-electron chi connectivity index (χ2n) is 7.75. The highest BCUT2D eigenvalue weighted by molar-refractivity contribution is 5.99. The fourth-order valence-electron chi connectivity index (χ4n) is 3.80. The minimum Gasteiger partial charge on any atom is -0.325 e. The van der Waals surface area contributed by atoms with Crippen LogP contribution in [-0.4, -0.2) is 11.8 Å². The van der Waals surface area contributed by atoms with Gasteiger partial charge in [-0.2, -0.15) is 0 Å². The number of hydrogen-bond donors (Lipinski definition) is 2. The Balaban J connectivity index is 1.75. The van der Waals surface area contributed by atoms with Gasteiger partial charge in [0.15, 0.2) is 0 Å². The first kappa shape index (κ1) is 22.3. The third-order valence-corrected chi connectivity index (χ3v) is 5.62. The predicted molar refractivity (Wildman–Crippen MR) is 127 cm³/mol. The molecule has 0 aliphatic carbocycles. The number of rotatable bonds is 8. The Morgan fingerprint density at radius 3 is 1.68 bits per heavy atom. The van der Waals surface area contributed by atoms with E-state index in [4.69, 9.17) is 0 Å². The smallest absolute Gasteiger partial charge is 0.231 e. The summed E-state index contributed by atoms with van der Waals surface area (Å²) in [6.45, 7) is 5.96. The number of aryl methyl sites for hydroxylation is 1. The molecule has 2 amide bonds. The van der Waals surface area contributed by atoms with Gasteiger partial charge in [0.25, 0.3) is 0 Å². The van der Waals surface area contributed by atoms with E-state index in [0.29, 0.717) is 24.2 Å². The molecule has 4 nitrogen and oxygen atoms in total. The summed E-state index contributed by atoms with van der Waals surface area (Å²) in [5.41, 5.74) is 4.33. The lowest BCUT2D eigenvalue weighted by molar-refractivity contribution is -0.118. The van der Waals surface area contributed by atoms with Crippen LogP contribution in [0.4, 0.5) is 11.4 Å². The molecule has 0 saturated heterocycles. The van der Waals surface area contributed by atoms with E-state index >= 15 is 0 Å². The maximum Gasteiger partial charge on any atom is 0.231 e. The van der Waals surface area contributed by atoms with Crippen molar-refractivity contribution in [2.45, 2.75) is 45.4 Å². The van der Waals surface area contributed by atoms with Gasteiger partial charge in [0.05, 0.1) is 11.8 Å². The third kappa shape index (κ3) is 5.60. The van der Waals surface area contributed by atoms with Crippen LogP contribution >= 0.6 is 0 Å². The Bertz CT molecular complexity index is 1020. The number of carbonyl (C=O) groups excluding carboxylic acids is 2. The normalized spacial score (nSPS) is 12.6. The van der Waals surface area contributed by atoms with Crippen LogP contribution in [0.2, 0.25) is 0 Å². The SMILES string of the molecule is CC[C@@H](C(=O)Nc1ccc(C)c(NC(=O)[C@H](CC)c2ccccc2)c1)c1ccccc1. The molecule has 2 N–H and O–H groups in total. The Morgan fingerprint density at radius 1 is 0.710 bits per heavy atom. The average Bonchev–Trinajstić information content (AvgIpc) is 2.78. The molecular weight excluding hydrogens is 384 g/mol. The Kier molecular flexibility index (Phi) is 7.60. The van der Waals surface area contributed by atoms with Crippen LogP contribution in [0.1, 0.15) is 55.2 Å². The van der Waals surface area contributed by atoms with E-state index in [1.807, 2.05) is 99.6 Å². The Morgan fingerprint density at radius 2 is 1.19 bits per heavy atom. The third-order valence-electron chi connectivity index (χ3n) is 5.62. The molecule has 0 heterocycles. The topological polar surface area (TPSA) is 58.2 Å². The number of amides is 2. The fraction of sp³-hybridized carbons (Fsp3) is 0.259. The zero-order valence-electron chi connectivity index (χ0n) is 18.4. The molecule has 0 aliphatic heterocycles. The molecule has 31 heavy (non-hydrogen) atoms. The first-order chi connectivity index (χ1) is 15.0. The van der Waals surface area contributed by atoms with Crippen molar-refractivity contribution in [1.29, 1.82) is 0 Å². The summed E-state index contributed by atoms with van der Waals surface area (Å²) in [7, 11) is 0. The minimum atomic E-state index is -0.221. The Labute approximate surface area is 184 Å². The van der Waals surface area contributed by atoms with Crippen LogP contribution in [0.3, 0.4) is 0 Å². The fourth-order valence-corrected chi connectivity index (χ4v) is 3.80. The molecule has 0 saturated carbocycles. The molecule has 0 spiro atoms. The second kappa shape index (κ2) is 10.6. The zero-order chi connectivity index (χ0) is 22.2. The molecule has 3 rings (SSSR count). The van der Waals surface area contributed by atoms with Gasteiger partial charge in [-0.1, -0.05) is 80.6 Å². The van der Waals surface area contributed by atoms with Crippen molar-refractivity contribution in [3.05, 3.63) is 95.6 Å². The monoisotopic (exact) mass is 414 g/mol. The number of benzene rings is 3. The van der Waals surface area contributed by atoms with E-state index < -0.39 is 0 Å². The van der Waals surface area contributed by atoms with Gasteiger partial charge in [0, 0.05) is 11.4 Å². The summed E-state index contributed by atoms with van der Waals surface area (Å²) in [5, 5.41) is 6.07. The van der Waals surface area contributed by atoms with Crippen molar-refractivity contribution < 1.29 is 9.59 Å². The second-order valence-corrected chi connectivity index (χ2v) is 7.75. The van der Waals surface area contributed by atoms with E-state index in [-0.39, 0.29) is 23.7 Å². The standard InChI is InChI=1S/C27H30N2O2/c1-4-23(20-12-8-6-9-13-20)26(30)28-22-17-16-19(3)25(18-22)29-27(31)24(5-2)21-14-10-7-11-15-21/h6-18,23-24H,4-5H2,1-3H3,(H,28,30)(H,29,31)/t23-,24-/m1/s1. The molecule has 0 radical (unpaired) electrons. The van der Waals surface area contributed by atoms with Crippen molar-refractivity contribution >= 4 is 23.2 Å². The van der Waals surface area contributed by atoms with Gasteiger partial charge >= 0.3 is 0 Å². The molecule has 3 aromatic rings. The number of carbonyl (C=O) groups is 2. The summed E-state index contributed by atoms with van der Waals surface area (Å²) in [5.74, 6) is -0.536. The summed E-state index contributed by atoms with van der Waals surface area (Å²) in [6.07, 6.45) is 1.42. The number of hydrogen-bond acceptors (Lipinski definition) is 2. The molecule has 0 aromatic heterocycles. The minimum absolute atomic E-state index is 0.0454. The highest BCUT2D eigenvalue weighted by atomic mass is 16.2. The lowest BCUT2D eigenvalue weighted by atomic mass is 9.95. The zero-order valence-corrected chi connectivity index (χ0v) is 18.4. The maximum atomic E-state index is 13.0. The molecule has 0 unspecified atom stereocenters. The van der Waals surface area contributed by atoms with Gasteiger partial charge < -0.3 is 10.6 Å². The molecule has 0 aliphatic rings. The summed E-state index contributed by atoms with van der Waals surface area (Å²) in [6, 6.07) is 25.2. The molecule has 2 atom stereocenters.